The number of halogens is 1. The van der Waals surface area contributed by atoms with E-state index in [-0.39, 0.29) is 11.5 Å². The van der Waals surface area contributed by atoms with Gasteiger partial charge in [-0.05, 0) is 25.1 Å². The van der Waals surface area contributed by atoms with E-state index in [2.05, 4.69) is 21.2 Å². The van der Waals surface area contributed by atoms with E-state index in [1.807, 2.05) is 60.8 Å². The molecule has 0 aliphatic carbocycles. The number of hydrogen-bond acceptors (Lipinski definition) is 6. The molecule has 136 valence electrons. The van der Waals surface area contributed by atoms with Crippen molar-refractivity contribution in [2.45, 2.75) is 6.92 Å². The van der Waals surface area contributed by atoms with Crippen LogP contribution in [0.2, 0.25) is 5.02 Å². The van der Waals surface area contributed by atoms with Crippen molar-refractivity contribution in [2.24, 2.45) is 0 Å². The Morgan fingerprint density at radius 2 is 1.79 bits per heavy atom. The Labute approximate surface area is 170 Å². The van der Waals surface area contributed by atoms with Gasteiger partial charge in [-0.25, -0.2) is 4.98 Å². The predicted octanol–water partition coefficient (Wildman–Crippen LogP) is 5.89. The van der Waals surface area contributed by atoms with Crippen LogP contribution in [0.1, 0.15) is 17.1 Å². The number of hydrogen-bond donors (Lipinski definition) is 0. The molecule has 0 aliphatic heterocycles. The van der Waals surface area contributed by atoms with Gasteiger partial charge in [-0.1, -0.05) is 58.7 Å². The highest BCUT2D eigenvalue weighted by Gasteiger charge is 2.14. The van der Waals surface area contributed by atoms with Crippen LogP contribution < -0.4 is 0 Å². The van der Waals surface area contributed by atoms with Crippen molar-refractivity contribution in [3.8, 4) is 28.0 Å². The zero-order valence-corrected chi connectivity index (χ0v) is 16.3. The van der Waals surface area contributed by atoms with Crippen molar-refractivity contribution < 1.29 is 4.52 Å². The van der Waals surface area contributed by atoms with Gasteiger partial charge in [-0.3, -0.25) is 0 Å². The van der Waals surface area contributed by atoms with Gasteiger partial charge < -0.3 is 4.52 Å². The van der Waals surface area contributed by atoms with Crippen LogP contribution in [-0.4, -0.2) is 15.1 Å². The molecule has 2 aromatic heterocycles. The van der Waals surface area contributed by atoms with E-state index >= 15 is 0 Å². The van der Waals surface area contributed by atoms with Gasteiger partial charge in [-0.2, -0.15) is 10.2 Å². The van der Waals surface area contributed by atoms with Crippen molar-refractivity contribution in [1.82, 2.24) is 15.1 Å². The fourth-order valence-corrected chi connectivity index (χ4v) is 3.43. The molecule has 4 rings (SSSR count). The molecule has 0 unspecified atom stereocenters. The number of thiazole rings is 1. The molecule has 0 aliphatic rings. The first-order valence-electron chi connectivity index (χ1n) is 8.37. The third-order valence-electron chi connectivity index (χ3n) is 3.99. The van der Waals surface area contributed by atoms with E-state index in [0.29, 0.717) is 16.5 Å². The molecule has 2 heterocycles. The Morgan fingerprint density at radius 3 is 2.50 bits per heavy atom. The predicted molar refractivity (Wildman–Crippen MR) is 111 cm³/mol. The lowest BCUT2D eigenvalue weighted by atomic mass is 10.1. The van der Waals surface area contributed by atoms with Gasteiger partial charge in [0.2, 0.25) is 5.82 Å². The van der Waals surface area contributed by atoms with Crippen LogP contribution in [0, 0.1) is 18.3 Å². The lowest BCUT2D eigenvalue weighted by Crippen LogP contribution is -1.85. The first-order valence-corrected chi connectivity index (χ1v) is 9.62. The van der Waals surface area contributed by atoms with Gasteiger partial charge >= 0.3 is 0 Å². The van der Waals surface area contributed by atoms with Crippen LogP contribution in [0.5, 0.6) is 0 Å². The molecule has 0 bridgehead atoms. The Balaban J connectivity index is 1.61. The first-order chi connectivity index (χ1) is 13.6. The normalized spacial score (nSPS) is 11.4. The zero-order valence-electron chi connectivity index (χ0n) is 14.8. The summed E-state index contributed by atoms with van der Waals surface area (Å²) in [6.07, 6.45) is 1.64. The fraction of sp³-hybridized carbons (Fsp3) is 0.0476. The van der Waals surface area contributed by atoms with Crippen LogP contribution in [-0.2, 0) is 0 Å². The van der Waals surface area contributed by atoms with Gasteiger partial charge in [0.1, 0.15) is 16.6 Å². The second kappa shape index (κ2) is 7.77. The summed E-state index contributed by atoms with van der Waals surface area (Å²) < 4.78 is 5.29. The van der Waals surface area contributed by atoms with Gasteiger partial charge in [0.15, 0.2) is 0 Å². The van der Waals surface area contributed by atoms with E-state index in [1.165, 1.54) is 11.3 Å². The van der Waals surface area contributed by atoms with Gasteiger partial charge in [0.05, 0.1) is 5.69 Å². The number of rotatable bonds is 4. The third kappa shape index (κ3) is 3.86. The summed E-state index contributed by atoms with van der Waals surface area (Å²) in [7, 11) is 0. The van der Waals surface area contributed by atoms with Crippen molar-refractivity contribution in [3.05, 3.63) is 76.1 Å². The Morgan fingerprint density at radius 1 is 1.07 bits per heavy atom. The minimum atomic E-state index is 0.166. The van der Waals surface area contributed by atoms with Crippen LogP contribution in [0.4, 0.5) is 0 Å². The van der Waals surface area contributed by atoms with Crippen molar-refractivity contribution >= 4 is 34.6 Å². The number of nitriles is 1. The first kappa shape index (κ1) is 18.1. The molecule has 0 spiro atoms. The van der Waals surface area contributed by atoms with Crippen LogP contribution in [0.15, 0.2) is 58.4 Å². The molecule has 0 amide bonds. The fourth-order valence-electron chi connectivity index (χ4n) is 2.52. The van der Waals surface area contributed by atoms with E-state index < -0.39 is 0 Å². The monoisotopic (exact) mass is 404 g/mol. The second-order valence-electron chi connectivity index (χ2n) is 6.04. The van der Waals surface area contributed by atoms with E-state index in [9.17, 15) is 5.26 Å². The molecule has 28 heavy (non-hydrogen) atoms. The molecular weight excluding hydrogens is 392 g/mol. The summed E-state index contributed by atoms with van der Waals surface area (Å²) >= 11 is 7.41. The maximum atomic E-state index is 9.53. The summed E-state index contributed by atoms with van der Waals surface area (Å²) in [5, 5.41) is 16.9. The minimum absolute atomic E-state index is 0.166. The summed E-state index contributed by atoms with van der Waals surface area (Å²) in [5.41, 5.74) is 3.86. The van der Waals surface area contributed by atoms with Crippen LogP contribution in [0.25, 0.3) is 33.6 Å². The molecule has 2 aromatic carbocycles. The van der Waals surface area contributed by atoms with E-state index in [1.54, 1.807) is 6.08 Å². The average Bonchev–Trinajstić information content (AvgIpc) is 3.37. The lowest BCUT2D eigenvalue weighted by molar-refractivity contribution is 0.409. The summed E-state index contributed by atoms with van der Waals surface area (Å²) in [6.45, 7) is 2.01. The number of allylic oxidation sites excluding steroid dienone is 1. The highest BCUT2D eigenvalue weighted by molar-refractivity contribution is 7.13. The summed E-state index contributed by atoms with van der Waals surface area (Å²) in [5.74, 6) is 0.607. The Kier molecular flexibility index (Phi) is 5.02. The van der Waals surface area contributed by atoms with Gasteiger partial charge in [-0.15, -0.1) is 11.3 Å². The van der Waals surface area contributed by atoms with E-state index in [4.69, 9.17) is 16.1 Å². The van der Waals surface area contributed by atoms with E-state index in [0.717, 1.165) is 21.7 Å². The van der Waals surface area contributed by atoms with Crippen molar-refractivity contribution in [2.75, 3.05) is 0 Å². The topological polar surface area (TPSA) is 75.6 Å². The summed E-state index contributed by atoms with van der Waals surface area (Å²) in [6, 6.07) is 17.3. The smallest absolute Gasteiger partial charge is 0.268 e. The lowest BCUT2D eigenvalue weighted by Gasteiger charge is -1.95. The molecule has 0 saturated carbocycles. The maximum Gasteiger partial charge on any atom is 0.268 e. The molecule has 0 radical (unpaired) electrons. The Hall–Kier alpha value is -3.27. The van der Waals surface area contributed by atoms with Gasteiger partial charge in [0, 0.05) is 21.5 Å². The average molecular weight is 405 g/mol. The molecule has 0 N–H and O–H groups in total. The number of benzene rings is 2. The number of aryl methyl sites for hydroxylation is 1. The number of nitrogens with zero attached hydrogens (tertiary/aromatic N) is 4. The van der Waals surface area contributed by atoms with Crippen LogP contribution >= 0.6 is 22.9 Å². The third-order valence-corrected chi connectivity index (χ3v) is 5.15. The standard InChI is InChI=1S/C21H13ClN4OS/c1-13-2-4-14(5-3-13)19-25-20(27-26-19)16(11-23)10-18-12-28-21(24-18)15-6-8-17(22)9-7-15/h2-10,12H,1H3/b16-10+. The largest absolute Gasteiger partial charge is 0.333 e. The number of aromatic nitrogens is 3. The summed E-state index contributed by atoms with van der Waals surface area (Å²) in [4.78, 5) is 8.90. The molecule has 4 aromatic rings. The molecule has 0 fully saturated rings. The maximum absolute atomic E-state index is 9.53. The molecule has 7 heteroatoms. The highest BCUT2D eigenvalue weighted by atomic mass is 35.5. The SMILES string of the molecule is Cc1ccc(-c2noc(/C(C#N)=C/c3csc(-c4ccc(Cl)cc4)n3)n2)cc1. The highest BCUT2D eigenvalue weighted by Crippen LogP contribution is 2.27. The Bertz CT molecular complexity index is 1180. The van der Waals surface area contributed by atoms with Crippen molar-refractivity contribution in [3.63, 3.8) is 0 Å². The zero-order chi connectivity index (χ0) is 19.5. The molecule has 5 nitrogen and oxygen atoms in total. The quantitative estimate of drug-likeness (QED) is 0.396. The van der Waals surface area contributed by atoms with Crippen molar-refractivity contribution in [1.29, 1.82) is 5.26 Å². The van der Waals surface area contributed by atoms with Crippen LogP contribution in [0.3, 0.4) is 0 Å². The van der Waals surface area contributed by atoms with Gasteiger partial charge in [0.25, 0.3) is 5.89 Å². The second-order valence-corrected chi connectivity index (χ2v) is 7.34. The molecule has 0 saturated heterocycles. The molecular formula is C21H13ClN4OS. The minimum Gasteiger partial charge on any atom is -0.333 e. The molecule has 0 atom stereocenters.